The second-order valence-electron chi connectivity index (χ2n) is 2.93. The first-order valence-corrected chi connectivity index (χ1v) is 4.15. The SMILES string of the molecule is CCNc1cc(C)c(C)c(F)c1. The molecule has 0 amide bonds. The largest absolute Gasteiger partial charge is 0.385 e. The van der Waals surface area contributed by atoms with E-state index in [2.05, 4.69) is 5.32 Å². The monoisotopic (exact) mass is 167 g/mol. The van der Waals surface area contributed by atoms with Gasteiger partial charge in [0.15, 0.2) is 0 Å². The van der Waals surface area contributed by atoms with Crippen molar-refractivity contribution in [3.05, 3.63) is 29.1 Å². The molecule has 0 heterocycles. The molecule has 0 aliphatic heterocycles. The number of rotatable bonds is 2. The van der Waals surface area contributed by atoms with Crippen molar-refractivity contribution in [1.29, 1.82) is 0 Å². The average molecular weight is 167 g/mol. The minimum atomic E-state index is -0.133. The highest BCUT2D eigenvalue weighted by atomic mass is 19.1. The zero-order chi connectivity index (χ0) is 9.14. The quantitative estimate of drug-likeness (QED) is 0.714. The van der Waals surface area contributed by atoms with E-state index < -0.39 is 0 Å². The fourth-order valence-corrected chi connectivity index (χ4v) is 1.12. The number of aryl methyl sites for hydroxylation is 1. The molecular formula is C10H14FN. The average Bonchev–Trinajstić information content (AvgIpc) is 2.01. The Kier molecular flexibility index (Phi) is 2.69. The minimum absolute atomic E-state index is 0.133. The Morgan fingerprint density at radius 1 is 1.33 bits per heavy atom. The molecule has 12 heavy (non-hydrogen) atoms. The third-order valence-corrected chi connectivity index (χ3v) is 1.98. The van der Waals surface area contributed by atoms with Crippen molar-refractivity contribution in [2.45, 2.75) is 20.8 Å². The Balaban J connectivity index is 3.04. The molecule has 0 spiro atoms. The lowest BCUT2D eigenvalue weighted by Gasteiger charge is -2.07. The van der Waals surface area contributed by atoms with E-state index in [0.29, 0.717) is 0 Å². The van der Waals surface area contributed by atoms with Crippen LogP contribution >= 0.6 is 0 Å². The molecule has 0 saturated heterocycles. The maximum Gasteiger partial charge on any atom is 0.128 e. The van der Waals surface area contributed by atoms with E-state index >= 15 is 0 Å². The van der Waals surface area contributed by atoms with Gasteiger partial charge in [-0.25, -0.2) is 4.39 Å². The summed E-state index contributed by atoms with van der Waals surface area (Å²) in [6.07, 6.45) is 0. The molecule has 0 aliphatic carbocycles. The zero-order valence-electron chi connectivity index (χ0n) is 7.74. The second kappa shape index (κ2) is 3.57. The molecule has 1 aromatic carbocycles. The number of hydrogen-bond acceptors (Lipinski definition) is 1. The van der Waals surface area contributed by atoms with Crippen molar-refractivity contribution in [2.24, 2.45) is 0 Å². The van der Waals surface area contributed by atoms with Crippen molar-refractivity contribution >= 4 is 5.69 Å². The van der Waals surface area contributed by atoms with Gasteiger partial charge in [0.2, 0.25) is 0 Å². The molecule has 1 N–H and O–H groups in total. The van der Waals surface area contributed by atoms with Gasteiger partial charge in [-0.2, -0.15) is 0 Å². The number of benzene rings is 1. The topological polar surface area (TPSA) is 12.0 Å². The van der Waals surface area contributed by atoms with Crippen LogP contribution < -0.4 is 5.32 Å². The van der Waals surface area contributed by atoms with Crippen LogP contribution in [0.4, 0.5) is 10.1 Å². The van der Waals surface area contributed by atoms with E-state index in [1.54, 1.807) is 6.92 Å². The summed E-state index contributed by atoms with van der Waals surface area (Å²) in [6.45, 7) is 6.52. The summed E-state index contributed by atoms with van der Waals surface area (Å²) in [6, 6.07) is 3.49. The van der Waals surface area contributed by atoms with Gasteiger partial charge in [-0.1, -0.05) is 0 Å². The van der Waals surface area contributed by atoms with Gasteiger partial charge in [0.25, 0.3) is 0 Å². The first kappa shape index (κ1) is 9.04. The van der Waals surface area contributed by atoms with E-state index in [4.69, 9.17) is 0 Å². The van der Waals surface area contributed by atoms with Crippen LogP contribution in [0, 0.1) is 19.7 Å². The normalized spacial score (nSPS) is 10.0. The van der Waals surface area contributed by atoms with E-state index in [1.165, 1.54) is 6.07 Å². The molecule has 0 atom stereocenters. The molecule has 1 nitrogen and oxygen atoms in total. The van der Waals surface area contributed by atoms with Crippen LogP contribution in [0.1, 0.15) is 18.1 Å². The standard InChI is InChI=1S/C10H14FN/c1-4-12-9-5-7(2)8(3)10(11)6-9/h5-6,12H,4H2,1-3H3. The van der Waals surface area contributed by atoms with Crippen LogP contribution in [0.25, 0.3) is 0 Å². The molecule has 0 bridgehead atoms. The summed E-state index contributed by atoms with van der Waals surface area (Å²) in [5.74, 6) is -0.133. The van der Waals surface area contributed by atoms with Gasteiger partial charge in [0, 0.05) is 12.2 Å². The van der Waals surface area contributed by atoms with Crippen molar-refractivity contribution in [2.75, 3.05) is 11.9 Å². The molecular weight excluding hydrogens is 153 g/mol. The maximum absolute atomic E-state index is 13.1. The van der Waals surface area contributed by atoms with Gasteiger partial charge in [-0.05, 0) is 44.0 Å². The Morgan fingerprint density at radius 3 is 2.50 bits per heavy atom. The highest BCUT2D eigenvalue weighted by Crippen LogP contribution is 2.17. The smallest absolute Gasteiger partial charge is 0.128 e. The van der Waals surface area contributed by atoms with Crippen LogP contribution in [0.5, 0.6) is 0 Å². The van der Waals surface area contributed by atoms with Gasteiger partial charge in [-0.15, -0.1) is 0 Å². The fraction of sp³-hybridized carbons (Fsp3) is 0.400. The van der Waals surface area contributed by atoms with Crippen LogP contribution in [-0.4, -0.2) is 6.54 Å². The highest BCUT2D eigenvalue weighted by molar-refractivity contribution is 5.48. The van der Waals surface area contributed by atoms with Gasteiger partial charge < -0.3 is 5.32 Å². The highest BCUT2D eigenvalue weighted by Gasteiger charge is 2.02. The molecule has 0 unspecified atom stereocenters. The Morgan fingerprint density at radius 2 is 2.00 bits per heavy atom. The summed E-state index contributed by atoms with van der Waals surface area (Å²) >= 11 is 0. The van der Waals surface area contributed by atoms with Gasteiger partial charge in [0.1, 0.15) is 5.82 Å². The van der Waals surface area contributed by atoms with Crippen molar-refractivity contribution in [3.8, 4) is 0 Å². The summed E-state index contributed by atoms with van der Waals surface area (Å²) in [4.78, 5) is 0. The predicted molar refractivity (Wildman–Crippen MR) is 50.0 cm³/mol. The predicted octanol–water partition coefficient (Wildman–Crippen LogP) is 2.87. The summed E-state index contributed by atoms with van der Waals surface area (Å²) in [7, 11) is 0. The first-order valence-electron chi connectivity index (χ1n) is 4.15. The molecule has 0 radical (unpaired) electrons. The van der Waals surface area contributed by atoms with Gasteiger partial charge in [0.05, 0.1) is 0 Å². The zero-order valence-corrected chi connectivity index (χ0v) is 7.74. The fourth-order valence-electron chi connectivity index (χ4n) is 1.12. The van der Waals surface area contributed by atoms with Crippen LogP contribution in [0.2, 0.25) is 0 Å². The Bertz CT molecular complexity index is 258. The summed E-state index contributed by atoms with van der Waals surface area (Å²) in [5, 5.41) is 3.08. The number of hydrogen-bond donors (Lipinski definition) is 1. The lowest BCUT2D eigenvalue weighted by molar-refractivity contribution is 0.617. The van der Waals surface area contributed by atoms with Crippen LogP contribution in [0.15, 0.2) is 12.1 Å². The molecule has 0 fully saturated rings. The van der Waals surface area contributed by atoms with Crippen molar-refractivity contribution < 1.29 is 4.39 Å². The first-order chi connectivity index (χ1) is 5.65. The second-order valence-corrected chi connectivity index (χ2v) is 2.93. The van der Waals surface area contributed by atoms with Gasteiger partial charge >= 0.3 is 0 Å². The number of anilines is 1. The molecule has 0 saturated carbocycles. The molecule has 0 aromatic heterocycles. The van der Waals surface area contributed by atoms with E-state index in [9.17, 15) is 4.39 Å². The van der Waals surface area contributed by atoms with E-state index in [1.807, 2.05) is 19.9 Å². The third-order valence-electron chi connectivity index (χ3n) is 1.98. The Labute approximate surface area is 72.6 Å². The van der Waals surface area contributed by atoms with Crippen LogP contribution in [0.3, 0.4) is 0 Å². The molecule has 0 aliphatic rings. The summed E-state index contributed by atoms with van der Waals surface area (Å²) < 4.78 is 13.1. The van der Waals surface area contributed by atoms with E-state index in [-0.39, 0.29) is 5.82 Å². The van der Waals surface area contributed by atoms with E-state index in [0.717, 1.165) is 23.4 Å². The maximum atomic E-state index is 13.1. The summed E-state index contributed by atoms with van der Waals surface area (Å²) in [5.41, 5.74) is 2.58. The lowest BCUT2D eigenvalue weighted by atomic mass is 10.1. The van der Waals surface area contributed by atoms with Crippen molar-refractivity contribution in [1.82, 2.24) is 0 Å². The van der Waals surface area contributed by atoms with Crippen LogP contribution in [-0.2, 0) is 0 Å². The molecule has 66 valence electrons. The molecule has 2 heteroatoms. The minimum Gasteiger partial charge on any atom is -0.385 e. The third kappa shape index (κ3) is 1.76. The number of halogens is 1. The number of nitrogens with one attached hydrogen (secondary N) is 1. The molecule has 1 rings (SSSR count). The van der Waals surface area contributed by atoms with Crippen molar-refractivity contribution in [3.63, 3.8) is 0 Å². The Hall–Kier alpha value is -1.05. The lowest BCUT2D eigenvalue weighted by Crippen LogP contribution is -1.98. The molecule has 1 aromatic rings. The van der Waals surface area contributed by atoms with Gasteiger partial charge in [-0.3, -0.25) is 0 Å².